The lowest BCUT2D eigenvalue weighted by molar-refractivity contribution is -0.148. The summed E-state index contributed by atoms with van der Waals surface area (Å²) >= 11 is 0. The highest BCUT2D eigenvalue weighted by Crippen LogP contribution is 2.07. The fraction of sp³-hybridized carbons (Fsp3) is 0.778. The van der Waals surface area contributed by atoms with Crippen molar-refractivity contribution < 1.29 is 9.53 Å². The molecule has 0 heterocycles. The lowest BCUT2D eigenvalue weighted by Gasteiger charge is -2.10. The van der Waals surface area contributed by atoms with Gasteiger partial charge in [-0.1, -0.05) is 13.3 Å². The fourth-order valence-corrected chi connectivity index (χ4v) is 0.691. The van der Waals surface area contributed by atoms with Crippen molar-refractivity contribution in [1.82, 2.24) is 0 Å². The van der Waals surface area contributed by atoms with Crippen LogP contribution in [0, 0.1) is 12.8 Å². The van der Waals surface area contributed by atoms with Crippen LogP contribution in [0.5, 0.6) is 0 Å². The molecule has 1 radical (unpaired) electrons. The molecule has 0 saturated carbocycles. The lowest BCUT2D eigenvalue weighted by Crippen LogP contribution is -2.13. The summed E-state index contributed by atoms with van der Waals surface area (Å²) in [5.74, 6) is 0.0584. The summed E-state index contributed by atoms with van der Waals surface area (Å²) in [7, 11) is 0. The van der Waals surface area contributed by atoms with E-state index in [-0.39, 0.29) is 18.0 Å². The van der Waals surface area contributed by atoms with Gasteiger partial charge in [0.1, 0.15) is 0 Å². The van der Waals surface area contributed by atoms with E-state index >= 15 is 0 Å². The first-order chi connectivity index (χ1) is 5.06. The quantitative estimate of drug-likeness (QED) is 0.585. The summed E-state index contributed by atoms with van der Waals surface area (Å²) in [6, 6.07) is 0. The van der Waals surface area contributed by atoms with Crippen LogP contribution in [0.3, 0.4) is 0 Å². The van der Waals surface area contributed by atoms with Gasteiger partial charge in [0, 0.05) is 6.42 Å². The number of carbonyl (C=O) groups excluding carboxylic acids is 1. The number of ether oxygens (including phenoxy) is 1. The van der Waals surface area contributed by atoms with Crippen LogP contribution >= 0.6 is 0 Å². The zero-order valence-electron chi connectivity index (χ0n) is 7.59. The molecule has 11 heavy (non-hydrogen) atoms. The smallest absolute Gasteiger partial charge is 0.306 e. The average Bonchev–Trinajstić information content (AvgIpc) is 1.85. The first-order valence-electron chi connectivity index (χ1n) is 4.08. The number of rotatable bonds is 4. The van der Waals surface area contributed by atoms with Crippen molar-refractivity contribution >= 4 is 5.97 Å². The van der Waals surface area contributed by atoms with Crippen molar-refractivity contribution in [2.45, 2.75) is 39.7 Å². The van der Waals surface area contributed by atoms with Crippen molar-refractivity contribution in [3.63, 3.8) is 0 Å². The maximum atomic E-state index is 11.0. The Morgan fingerprint density at radius 1 is 1.55 bits per heavy atom. The van der Waals surface area contributed by atoms with Gasteiger partial charge in [0.05, 0.1) is 6.10 Å². The third-order valence-electron chi connectivity index (χ3n) is 1.40. The molecule has 1 atom stereocenters. The van der Waals surface area contributed by atoms with Gasteiger partial charge < -0.3 is 4.74 Å². The van der Waals surface area contributed by atoms with E-state index in [1.54, 1.807) is 0 Å². The van der Waals surface area contributed by atoms with Gasteiger partial charge in [0.25, 0.3) is 0 Å². The van der Waals surface area contributed by atoms with Crippen molar-refractivity contribution in [2.24, 2.45) is 5.92 Å². The summed E-state index contributed by atoms with van der Waals surface area (Å²) in [5.41, 5.74) is 0. The van der Waals surface area contributed by atoms with Gasteiger partial charge in [-0.2, -0.15) is 0 Å². The summed E-state index contributed by atoms with van der Waals surface area (Å²) in [6.07, 6.45) is 1.36. The second-order valence-corrected chi connectivity index (χ2v) is 3.02. The Balaban J connectivity index is 3.52. The van der Waals surface area contributed by atoms with Crippen LogP contribution in [0.4, 0.5) is 0 Å². The van der Waals surface area contributed by atoms with E-state index in [0.29, 0.717) is 6.42 Å². The van der Waals surface area contributed by atoms with E-state index in [4.69, 9.17) is 4.74 Å². The molecule has 0 bridgehead atoms. The molecule has 0 aromatic heterocycles. The Morgan fingerprint density at radius 2 is 2.09 bits per heavy atom. The molecule has 0 aliphatic carbocycles. The highest BCUT2D eigenvalue weighted by molar-refractivity contribution is 5.69. The van der Waals surface area contributed by atoms with E-state index < -0.39 is 0 Å². The summed E-state index contributed by atoms with van der Waals surface area (Å²) in [5, 5.41) is 0. The van der Waals surface area contributed by atoms with Gasteiger partial charge in [0.2, 0.25) is 0 Å². The van der Waals surface area contributed by atoms with Crippen LogP contribution in [0.2, 0.25) is 0 Å². The summed E-state index contributed by atoms with van der Waals surface area (Å²) in [4.78, 5) is 11.0. The number of esters is 1. The molecule has 0 aromatic rings. The molecular weight excluding hydrogens is 140 g/mol. The van der Waals surface area contributed by atoms with E-state index in [0.717, 1.165) is 6.42 Å². The van der Waals surface area contributed by atoms with Crippen LogP contribution in [0.1, 0.15) is 33.6 Å². The van der Waals surface area contributed by atoms with Gasteiger partial charge in [-0.05, 0) is 26.7 Å². The molecule has 2 heteroatoms. The largest absolute Gasteiger partial charge is 0.463 e. The third-order valence-corrected chi connectivity index (χ3v) is 1.40. The van der Waals surface area contributed by atoms with Gasteiger partial charge in [-0.15, -0.1) is 0 Å². The molecule has 2 nitrogen and oxygen atoms in total. The molecule has 0 amide bonds. The van der Waals surface area contributed by atoms with E-state index in [9.17, 15) is 4.79 Å². The Hall–Kier alpha value is -0.530. The Labute approximate surface area is 68.9 Å². The highest BCUT2D eigenvalue weighted by atomic mass is 16.5. The first-order valence-corrected chi connectivity index (χ1v) is 4.08. The fourth-order valence-electron chi connectivity index (χ4n) is 0.691. The summed E-state index contributed by atoms with van der Waals surface area (Å²) < 4.78 is 4.94. The molecule has 0 aromatic carbocycles. The van der Waals surface area contributed by atoms with Crippen LogP contribution in [0.25, 0.3) is 0 Å². The molecule has 65 valence electrons. The minimum atomic E-state index is -0.137. The van der Waals surface area contributed by atoms with Gasteiger partial charge in [-0.25, -0.2) is 0 Å². The normalized spacial score (nSPS) is 13.2. The zero-order chi connectivity index (χ0) is 8.85. The molecule has 0 aliphatic rings. The van der Waals surface area contributed by atoms with Gasteiger partial charge >= 0.3 is 5.97 Å². The average molecular weight is 157 g/mol. The van der Waals surface area contributed by atoms with Crippen LogP contribution in [0.15, 0.2) is 0 Å². The third kappa shape index (κ3) is 5.89. The van der Waals surface area contributed by atoms with E-state index in [2.05, 4.69) is 6.92 Å². The topological polar surface area (TPSA) is 26.3 Å². The predicted octanol–water partition coefficient (Wildman–Crippen LogP) is 2.19. The molecule has 0 saturated heterocycles. The van der Waals surface area contributed by atoms with Crippen molar-refractivity contribution in [3.05, 3.63) is 6.92 Å². The highest BCUT2D eigenvalue weighted by Gasteiger charge is 2.09. The van der Waals surface area contributed by atoms with E-state index in [1.165, 1.54) is 0 Å². The standard InChI is InChI=1S/C9H17O2/c1-5-8(4)6-9(10)11-7(2)3/h7-8H,4-6H2,1-3H3. The zero-order valence-corrected chi connectivity index (χ0v) is 7.59. The van der Waals surface area contributed by atoms with Crippen LogP contribution in [-0.4, -0.2) is 12.1 Å². The van der Waals surface area contributed by atoms with Crippen molar-refractivity contribution in [2.75, 3.05) is 0 Å². The molecule has 0 N–H and O–H groups in total. The monoisotopic (exact) mass is 157 g/mol. The van der Waals surface area contributed by atoms with Gasteiger partial charge in [0.15, 0.2) is 0 Å². The SMILES string of the molecule is [CH2]C(CC)CC(=O)OC(C)C. The molecular formula is C9H17O2. The minimum absolute atomic E-state index is 0.00782. The number of hydrogen-bond donors (Lipinski definition) is 0. The first kappa shape index (κ1) is 10.5. The number of carbonyl (C=O) groups is 1. The maximum Gasteiger partial charge on any atom is 0.306 e. The second-order valence-electron chi connectivity index (χ2n) is 3.02. The summed E-state index contributed by atoms with van der Waals surface area (Å²) in [6.45, 7) is 9.52. The number of hydrogen-bond acceptors (Lipinski definition) is 2. The second kappa shape index (κ2) is 5.16. The van der Waals surface area contributed by atoms with Crippen molar-refractivity contribution in [3.8, 4) is 0 Å². The van der Waals surface area contributed by atoms with Gasteiger partial charge in [-0.3, -0.25) is 4.79 Å². The Morgan fingerprint density at radius 3 is 2.45 bits per heavy atom. The van der Waals surface area contributed by atoms with Crippen LogP contribution < -0.4 is 0 Å². The maximum absolute atomic E-state index is 11.0. The molecule has 0 aliphatic heterocycles. The van der Waals surface area contributed by atoms with Crippen molar-refractivity contribution in [1.29, 1.82) is 0 Å². The predicted molar refractivity (Wildman–Crippen MR) is 45.0 cm³/mol. The van der Waals surface area contributed by atoms with Crippen LogP contribution in [-0.2, 0) is 9.53 Å². The Kier molecular flexibility index (Phi) is 4.92. The molecule has 0 spiro atoms. The molecule has 0 rings (SSSR count). The minimum Gasteiger partial charge on any atom is -0.463 e. The van der Waals surface area contributed by atoms with E-state index in [1.807, 2.05) is 20.8 Å². The molecule has 0 fully saturated rings. The lowest BCUT2D eigenvalue weighted by atomic mass is 10.1. The Bertz CT molecular complexity index is 119. The molecule has 1 unspecified atom stereocenters.